The number of esters is 1. The van der Waals surface area contributed by atoms with E-state index in [2.05, 4.69) is 0 Å². The van der Waals surface area contributed by atoms with Crippen LogP contribution in [0.15, 0.2) is 48.5 Å². The van der Waals surface area contributed by atoms with Crippen LogP contribution in [0.4, 0.5) is 17.6 Å². The van der Waals surface area contributed by atoms with E-state index in [4.69, 9.17) is 9.47 Å². The largest absolute Gasteiger partial charge is 0.485 e. The molecule has 166 valence electrons. The van der Waals surface area contributed by atoms with Gasteiger partial charge in [0.1, 0.15) is 12.1 Å². The van der Waals surface area contributed by atoms with Crippen LogP contribution in [0.5, 0.6) is 5.75 Å². The molecule has 1 saturated heterocycles. The second-order valence-corrected chi connectivity index (χ2v) is 7.19. The highest BCUT2D eigenvalue weighted by molar-refractivity contribution is 5.85. The van der Waals surface area contributed by atoms with Gasteiger partial charge in [-0.15, -0.1) is 0 Å². The van der Waals surface area contributed by atoms with Crippen LogP contribution in [0.25, 0.3) is 0 Å². The molecule has 1 heterocycles. The monoisotopic (exact) mass is 439 g/mol. The number of alkyl halides is 3. The maximum atomic E-state index is 13.9. The molecule has 1 fully saturated rings. The molecule has 0 saturated carbocycles. The number of amides is 1. The second kappa shape index (κ2) is 9.36. The Morgan fingerprint density at radius 2 is 1.77 bits per heavy atom. The van der Waals surface area contributed by atoms with Crippen molar-refractivity contribution >= 4 is 11.9 Å². The summed E-state index contributed by atoms with van der Waals surface area (Å²) in [6.07, 6.45) is -4.68. The summed E-state index contributed by atoms with van der Waals surface area (Å²) in [6.45, 7) is 0.0694. The number of methoxy groups -OCH3 is 1. The normalized spacial score (nSPS) is 18.7. The number of nitrogens with zero attached hydrogens (tertiary/aromatic N) is 1. The summed E-state index contributed by atoms with van der Waals surface area (Å²) in [4.78, 5) is 26.2. The van der Waals surface area contributed by atoms with Crippen LogP contribution < -0.4 is 4.74 Å². The Morgan fingerprint density at radius 3 is 2.39 bits per heavy atom. The van der Waals surface area contributed by atoms with Gasteiger partial charge >= 0.3 is 12.1 Å². The number of benzene rings is 2. The van der Waals surface area contributed by atoms with Gasteiger partial charge < -0.3 is 14.4 Å². The molecule has 1 aliphatic rings. The zero-order chi connectivity index (χ0) is 22.6. The summed E-state index contributed by atoms with van der Waals surface area (Å²) in [5.74, 6) is -1.50. The molecule has 1 aliphatic heterocycles. The van der Waals surface area contributed by atoms with E-state index in [1.54, 1.807) is 6.07 Å². The highest BCUT2D eigenvalue weighted by Crippen LogP contribution is 2.30. The van der Waals surface area contributed by atoms with Crippen molar-refractivity contribution in [3.05, 3.63) is 65.5 Å². The van der Waals surface area contributed by atoms with Crippen molar-refractivity contribution in [2.24, 2.45) is 0 Å². The van der Waals surface area contributed by atoms with E-state index in [1.165, 1.54) is 42.3 Å². The maximum absolute atomic E-state index is 13.9. The Morgan fingerprint density at radius 1 is 1.10 bits per heavy atom. The Bertz CT molecular complexity index is 930. The highest BCUT2D eigenvalue weighted by atomic mass is 19.4. The Kier molecular flexibility index (Phi) is 6.82. The van der Waals surface area contributed by atoms with Crippen LogP contribution in [0.3, 0.4) is 0 Å². The quantitative estimate of drug-likeness (QED) is 0.505. The Labute approximate surface area is 176 Å². The van der Waals surface area contributed by atoms with Crippen LogP contribution in [0.2, 0.25) is 0 Å². The summed E-state index contributed by atoms with van der Waals surface area (Å²) in [6, 6.07) is 9.53. The first-order valence-corrected chi connectivity index (χ1v) is 9.63. The second-order valence-electron chi connectivity index (χ2n) is 7.19. The number of aryl methyl sites for hydroxylation is 1. The molecule has 0 N–H and O–H groups in total. The molecule has 9 heteroatoms. The van der Waals surface area contributed by atoms with Crippen molar-refractivity contribution in [2.75, 3.05) is 13.7 Å². The fourth-order valence-electron chi connectivity index (χ4n) is 3.49. The molecule has 31 heavy (non-hydrogen) atoms. The van der Waals surface area contributed by atoms with Crippen LogP contribution >= 0.6 is 0 Å². The number of ether oxygens (including phenoxy) is 2. The average Bonchev–Trinajstić information content (AvgIpc) is 3.17. The van der Waals surface area contributed by atoms with Crippen molar-refractivity contribution in [2.45, 2.75) is 37.6 Å². The van der Waals surface area contributed by atoms with Gasteiger partial charge in [0.15, 0.2) is 11.6 Å². The number of likely N-dealkylation sites (tertiary alicyclic amines) is 1. The summed E-state index contributed by atoms with van der Waals surface area (Å²) in [5.41, 5.74) is -0.199. The average molecular weight is 439 g/mol. The lowest BCUT2D eigenvalue weighted by Crippen LogP contribution is -2.41. The van der Waals surface area contributed by atoms with E-state index in [9.17, 15) is 27.2 Å². The molecule has 0 bridgehead atoms. The minimum atomic E-state index is -4.43. The zero-order valence-corrected chi connectivity index (χ0v) is 16.7. The molecular formula is C22H21F4NO4. The molecule has 5 nitrogen and oxygen atoms in total. The maximum Gasteiger partial charge on any atom is 0.416 e. The zero-order valence-electron chi connectivity index (χ0n) is 16.7. The van der Waals surface area contributed by atoms with Crippen LogP contribution in [-0.2, 0) is 26.9 Å². The number of halogens is 4. The minimum Gasteiger partial charge on any atom is -0.485 e. The molecule has 0 spiro atoms. The molecule has 1 amide bonds. The van der Waals surface area contributed by atoms with Gasteiger partial charge in [0, 0.05) is 12.8 Å². The molecule has 3 rings (SSSR count). The van der Waals surface area contributed by atoms with Gasteiger partial charge in [-0.25, -0.2) is 9.18 Å². The van der Waals surface area contributed by atoms with Crippen molar-refractivity contribution in [1.29, 1.82) is 0 Å². The summed E-state index contributed by atoms with van der Waals surface area (Å²) >= 11 is 0. The van der Waals surface area contributed by atoms with E-state index < -0.39 is 35.7 Å². The molecule has 0 aliphatic carbocycles. The van der Waals surface area contributed by atoms with Crippen molar-refractivity contribution in [3.8, 4) is 5.75 Å². The van der Waals surface area contributed by atoms with Crippen LogP contribution in [0.1, 0.15) is 24.0 Å². The third-order valence-corrected chi connectivity index (χ3v) is 5.10. The first-order chi connectivity index (χ1) is 14.7. The molecule has 2 aromatic carbocycles. The Balaban J connectivity index is 1.64. The predicted octanol–water partition coefficient (Wildman–Crippen LogP) is 4.00. The first-order valence-electron chi connectivity index (χ1n) is 9.63. The number of rotatable bonds is 6. The lowest BCUT2D eigenvalue weighted by Gasteiger charge is -2.22. The lowest BCUT2D eigenvalue weighted by atomic mass is 10.1. The van der Waals surface area contributed by atoms with Gasteiger partial charge in [-0.1, -0.05) is 24.3 Å². The summed E-state index contributed by atoms with van der Waals surface area (Å²) in [7, 11) is 1.21. The number of hydrogen-bond acceptors (Lipinski definition) is 4. The smallest absolute Gasteiger partial charge is 0.416 e. The van der Waals surface area contributed by atoms with E-state index in [0.717, 1.165) is 12.1 Å². The molecule has 0 radical (unpaired) electrons. The minimum absolute atomic E-state index is 0.00865. The number of carbonyl (C=O) groups is 2. The summed E-state index contributed by atoms with van der Waals surface area (Å²) < 4.78 is 62.3. The number of hydrogen-bond donors (Lipinski definition) is 0. The number of carbonyl (C=O) groups excluding carboxylic acids is 2. The van der Waals surface area contributed by atoms with Gasteiger partial charge in [-0.2, -0.15) is 13.2 Å². The van der Waals surface area contributed by atoms with E-state index in [0.29, 0.717) is 5.56 Å². The molecule has 0 aromatic heterocycles. The fraction of sp³-hybridized carbons (Fsp3) is 0.364. The van der Waals surface area contributed by atoms with Gasteiger partial charge in [0.2, 0.25) is 5.91 Å². The topological polar surface area (TPSA) is 55.8 Å². The van der Waals surface area contributed by atoms with Crippen LogP contribution in [0, 0.1) is 5.82 Å². The highest BCUT2D eigenvalue weighted by Gasteiger charge is 2.41. The predicted molar refractivity (Wildman–Crippen MR) is 103 cm³/mol. The van der Waals surface area contributed by atoms with Gasteiger partial charge in [-0.05, 0) is 36.2 Å². The van der Waals surface area contributed by atoms with Crippen molar-refractivity contribution in [3.63, 3.8) is 0 Å². The van der Waals surface area contributed by atoms with Crippen molar-refractivity contribution < 1.29 is 36.6 Å². The third kappa shape index (κ3) is 5.53. The molecule has 2 atom stereocenters. The SMILES string of the molecule is COC(=O)C1CC(Oc2ccccc2F)CN1C(=O)CCc1ccc(C(F)(F)F)cc1. The van der Waals surface area contributed by atoms with Crippen LogP contribution in [-0.4, -0.2) is 42.6 Å². The van der Waals surface area contributed by atoms with Gasteiger partial charge in [0.25, 0.3) is 0 Å². The third-order valence-electron chi connectivity index (χ3n) is 5.10. The van der Waals surface area contributed by atoms with Gasteiger partial charge in [-0.3, -0.25) is 4.79 Å². The van der Waals surface area contributed by atoms with Crippen molar-refractivity contribution in [1.82, 2.24) is 4.90 Å². The lowest BCUT2D eigenvalue weighted by molar-refractivity contribution is -0.150. The molecule has 2 unspecified atom stereocenters. The fourth-order valence-corrected chi connectivity index (χ4v) is 3.49. The Hall–Kier alpha value is -3.10. The number of para-hydroxylation sites is 1. The molecular weight excluding hydrogens is 418 g/mol. The molecule has 2 aromatic rings. The summed E-state index contributed by atoms with van der Waals surface area (Å²) in [5, 5.41) is 0. The van der Waals surface area contributed by atoms with Gasteiger partial charge in [0.05, 0.1) is 19.2 Å². The van der Waals surface area contributed by atoms with E-state index in [1.807, 2.05) is 0 Å². The first kappa shape index (κ1) is 22.6. The standard InChI is InChI=1S/C22H21F4NO4/c1-30-21(29)18-12-16(31-19-5-3-2-4-17(19)23)13-27(18)20(28)11-8-14-6-9-15(10-7-14)22(24,25)26/h2-7,9-10,16,18H,8,11-13H2,1H3. The van der Waals surface area contributed by atoms with E-state index in [-0.39, 0.29) is 37.5 Å². The van der Waals surface area contributed by atoms with E-state index >= 15 is 0 Å².